The van der Waals surface area contributed by atoms with Crippen LogP contribution in [-0.2, 0) is 6.42 Å². The van der Waals surface area contributed by atoms with Crippen LogP contribution in [0.15, 0.2) is 24.3 Å². The number of phenols is 1. The molecule has 0 bridgehead atoms. The molecule has 0 aliphatic heterocycles. The Morgan fingerprint density at radius 3 is 2.50 bits per heavy atom. The fraction of sp³-hybridized carbons (Fsp3) is 0.538. The maximum atomic E-state index is 10.0. The van der Waals surface area contributed by atoms with Crippen LogP contribution >= 0.6 is 0 Å². The zero-order chi connectivity index (χ0) is 11.6. The van der Waals surface area contributed by atoms with Gasteiger partial charge in [-0.1, -0.05) is 18.6 Å². The molecule has 1 aromatic carbocycles. The van der Waals surface area contributed by atoms with Crippen LogP contribution in [0.2, 0.25) is 0 Å². The summed E-state index contributed by atoms with van der Waals surface area (Å²) >= 11 is 0. The van der Waals surface area contributed by atoms with Crippen LogP contribution in [0, 0.1) is 5.41 Å². The number of nitrogens with two attached hydrogens (primary N) is 1. The highest BCUT2D eigenvalue weighted by Gasteiger charge is 2.40. The van der Waals surface area contributed by atoms with Gasteiger partial charge in [0.05, 0.1) is 6.10 Å². The smallest absolute Gasteiger partial charge is 0.115 e. The summed E-state index contributed by atoms with van der Waals surface area (Å²) in [5.74, 6) is 0.275. The van der Waals surface area contributed by atoms with Crippen LogP contribution in [0.1, 0.15) is 24.8 Å². The van der Waals surface area contributed by atoms with Crippen molar-refractivity contribution in [3.05, 3.63) is 29.8 Å². The molecule has 2 unspecified atom stereocenters. The number of phenolic OH excluding ortho intramolecular Hbond substituents is 1. The summed E-state index contributed by atoms with van der Waals surface area (Å²) in [5.41, 5.74) is 6.80. The molecule has 0 aromatic heterocycles. The Hall–Kier alpha value is -1.06. The first-order chi connectivity index (χ1) is 7.66. The summed E-state index contributed by atoms with van der Waals surface area (Å²) in [4.78, 5) is 0. The third-order valence-corrected chi connectivity index (χ3v) is 3.76. The fourth-order valence-corrected chi connectivity index (χ4v) is 2.66. The van der Waals surface area contributed by atoms with E-state index >= 15 is 0 Å². The SMILES string of the molecule is NCC1(Cc2ccc(O)cc2)CCCC1O. The maximum absolute atomic E-state index is 10.0. The maximum Gasteiger partial charge on any atom is 0.115 e. The molecule has 0 radical (unpaired) electrons. The van der Waals surface area contributed by atoms with E-state index in [0.717, 1.165) is 31.2 Å². The lowest BCUT2D eigenvalue weighted by atomic mass is 9.78. The number of aliphatic hydroxyl groups excluding tert-OH is 1. The molecule has 0 heterocycles. The van der Waals surface area contributed by atoms with E-state index in [-0.39, 0.29) is 17.3 Å². The first kappa shape index (κ1) is 11.4. The van der Waals surface area contributed by atoms with Gasteiger partial charge >= 0.3 is 0 Å². The average Bonchev–Trinajstić information content (AvgIpc) is 2.64. The molecule has 16 heavy (non-hydrogen) atoms. The van der Waals surface area contributed by atoms with Crippen molar-refractivity contribution < 1.29 is 10.2 Å². The van der Waals surface area contributed by atoms with Crippen molar-refractivity contribution in [2.24, 2.45) is 11.1 Å². The Bertz CT molecular complexity index is 349. The van der Waals surface area contributed by atoms with Gasteiger partial charge in [-0.25, -0.2) is 0 Å². The standard InChI is InChI=1S/C13H19NO2/c14-9-13(7-1-2-12(13)16)8-10-3-5-11(15)6-4-10/h3-6,12,15-16H,1-2,7-9,14H2. The van der Waals surface area contributed by atoms with Crippen molar-refractivity contribution in [2.45, 2.75) is 31.8 Å². The molecule has 0 amide bonds. The van der Waals surface area contributed by atoms with Gasteiger partial charge in [-0.05, 0) is 37.0 Å². The summed E-state index contributed by atoms with van der Waals surface area (Å²) in [7, 11) is 0. The number of aliphatic hydroxyl groups is 1. The van der Waals surface area contributed by atoms with Crippen molar-refractivity contribution in [2.75, 3.05) is 6.54 Å². The molecule has 1 saturated carbocycles. The minimum atomic E-state index is -0.286. The first-order valence-corrected chi connectivity index (χ1v) is 5.82. The summed E-state index contributed by atoms with van der Waals surface area (Å²) in [6.07, 6.45) is 3.41. The lowest BCUT2D eigenvalue weighted by molar-refractivity contribution is 0.0588. The molecular weight excluding hydrogens is 202 g/mol. The molecule has 1 aromatic rings. The molecule has 2 atom stereocenters. The predicted molar refractivity (Wildman–Crippen MR) is 63.2 cm³/mol. The number of aromatic hydroxyl groups is 1. The Kier molecular flexibility index (Phi) is 3.17. The average molecular weight is 221 g/mol. The van der Waals surface area contributed by atoms with E-state index in [1.54, 1.807) is 12.1 Å². The number of hydrogen-bond acceptors (Lipinski definition) is 3. The van der Waals surface area contributed by atoms with E-state index in [1.807, 2.05) is 12.1 Å². The number of rotatable bonds is 3. The molecule has 2 rings (SSSR count). The van der Waals surface area contributed by atoms with E-state index in [2.05, 4.69) is 0 Å². The molecular formula is C13H19NO2. The van der Waals surface area contributed by atoms with Gasteiger partial charge in [-0.15, -0.1) is 0 Å². The van der Waals surface area contributed by atoms with E-state index in [1.165, 1.54) is 0 Å². The van der Waals surface area contributed by atoms with Gasteiger partial charge in [0, 0.05) is 12.0 Å². The molecule has 4 N–H and O–H groups in total. The zero-order valence-corrected chi connectivity index (χ0v) is 9.39. The molecule has 88 valence electrons. The number of benzene rings is 1. The highest BCUT2D eigenvalue weighted by atomic mass is 16.3. The van der Waals surface area contributed by atoms with Crippen LogP contribution in [0.5, 0.6) is 5.75 Å². The monoisotopic (exact) mass is 221 g/mol. The van der Waals surface area contributed by atoms with E-state index < -0.39 is 0 Å². The van der Waals surface area contributed by atoms with Crippen LogP contribution < -0.4 is 5.73 Å². The van der Waals surface area contributed by atoms with E-state index in [0.29, 0.717) is 6.54 Å². The lowest BCUT2D eigenvalue weighted by Gasteiger charge is -2.31. The Morgan fingerprint density at radius 1 is 1.31 bits per heavy atom. The molecule has 1 fully saturated rings. The van der Waals surface area contributed by atoms with Crippen molar-refractivity contribution in [1.29, 1.82) is 0 Å². The van der Waals surface area contributed by atoms with Gasteiger partial charge in [0.15, 0.2) is 0 Å². The molecule has 3 nitrogen and oxygen atoms in total. The quantitative estimate of drug-likeness (QED) is 0.723. The molecule has 1 aliphatic rings. The Morgan fingerprint density at radius 2 is 2.00 bits per heavy atom. The molecule has 3 heteroatoms. The van der Waals surface area contributed by atoms with Crippen LogP contribution in [0.4, 0.5) is 0 Å². The third-order valence-electron chi connectivity index (χ3n) is 3.76. The normalized spacial score (nSPS) is 29.5. The predicted octanol–water partition coefficient (Wildman–Crippen LogP) is 1.42. The van der Waals surface area contributed by atoms with Crippen molar-refractivity contribution >= 4 is 0 Å². The van der Waals surface area contributed by atoms with Crippen LogP contribution in [0.3, 0.4) is 0 Å². The largest absolute Gasteiger partial charge is 0.508 e. The lowest BCUT2D eigenvalue weighted by Crippen LogP contribution is -2.39. The van der Waals surface area contributed by atoms with Gasteiger partial charge < -0.3 is 15.9 Å². The van der Waals surface area contributed by atoms with Crippen LogP contribution in [0.25, 0.3) is 0 Å². The van der Waals surface area contributed by atoms with Gasteiger partial charge in [0.2, 0.25) is 0 Å². The molecule has 1 aliphatic carbocycles. The topological polar surface area (TPSA) is 66.5 Å². The highest BCUT2D eigenvalue weighted by molar-refractivity contribution is 5.27. The zero-order valence-electron chi connectivity index (χ0n) is 9.39. The fourth-order valence-electron chi connectivity index (χ4n) is 2.66. The Labute approximate surface area is 95.9 Å². The van der Waals surface area contributed by atoms with Crippen LogP contribution in [-0.4, -0.2) is 22.9 Å². The van der Waals surface area contributed by atoms with Gasteiger partial charge in [0.1, 0.15) is 5.75 Å². The molecule has 0 spiro atoms. The third kappa shape index (κ3) is 2.06. The van der Waals surface area contributed by atoms with Gasteiger partial charge in [-0.3, -0.25) is 0 Å². The summed E-state index contributed by atoms with van der Waals surface area (Å²) < 4.78 is 0. The van der Waals surface area contributed by atoms with Gasteiger partial charge in [0.25, 0.3) is 0 Å². The van der Waals surface area contributed by atoms with Crippen molar-refractivity contribution in [3.63, 3.8) is 0 Å². The summed E-state index contributed by atoms with van der Waals surface area (Å²) in [5, 5.41) is 19.2. The second-order valence-corrected chi connectivity index (χ2v) is 4.82. The minimum Gasteiger partial charge on any atom is -0.508 e. The number of hydrogen-bond donors (Lipinski definition) is 3. The van der Waals surface area contributed by atoms with Gasteiger partial charge in [-0.2, -0.15) is 0 Å². The van der Waals surface area contributed by atoms with Crippen molar-refractivity contribution in [1.82, 2.24) is 0 Å². The first-order valence-electron chi connectivity index (χ1n) is 5.82. The van der Waals surface area contributed by atoms with E-state index in [9.17, 15) is 10.2 Å². The molecule has 0 saturated heterocycles. The summed E-state index contributed by atoms with van der Waals surface area (Å²) in [6, 6.07) is 7.16. The minimum absolute atomic E-state index is 0.156. The highest BCUT2D eigenvalue weighted by Crippen LogP contribution is 2.40. The summed E-state index contributed by atoms with van der Waals surface area (Å²) in [6.45, 7) is 0.523. The van der Waals surface area contributed by atoms with Crippen molar-refractivity contribution in [3.8, 4) is 5.75 Å². The van der Waals surface area contributed by atoms with E-state index in [4.69, 9.17) is 5.73 Å². The Balaban J connectivity index is 2.15. The second-order valence-electron chi connectivity index (χ2n) is 4.82. The second kappa shape index (κ2) is 4.44.